The van der Waals surface area contributed by atoms with Crippen molar-refractivity contribution in [3.8, 4) is 0 Å². The van der Waals surface area contributed by atoms with Gasteiger partial charge in [-0.25, -0.2) is 0 Å². The fourth-order valence-electron chi connectivity index (χ4n) is 1.21. The summed E-state index contributed by atoms with van der Waals surface area (Å²) in [6.07, 6.45) is 4.25. The molecule has 1 rings (SSSR count). The van der Waals surface area contributed by atoms with Crippen LogP contribution in [0, 0.1) is 5.92 Å². The van der Waals surface area contributed by atoms with Crippen molar-refractivity contribution in [2.45, 2.75) is 26.2 Å². The minimum absolute atomic E-state index is 0.943. The Morgan fingerprint density at radius 3 is 2.82 bits per heavy atom. The molecule has 0 amide bonds. The van der Waals surface area contributed by atoms with Crippen molar-refractivity contribution in [1.82, 2.24) is 5.32 Å². The lowest BCUT2D eigenvalue weighted by molar-refractivity contribution is 0.305. The van der Waals surface area contributed by atoms with Gasteiger partial charge in [-0.15, -0.1) is 0 Å². The quantitative estimate of drug-likeness (QED) is 0.689. The molecule has 0 aromatic heterocycles. The van der Waals surface area contributed by atoms with Gasteiger partial charge in [0.2, 0.25) is 0 Å². The molecule has 0 spiro atoms. The number of hydrogen-bond acceptors (Lipinski definition) is 1. The highest BCUT2D eigenvalue weighted by Crippen LogP contribution is 2.25. The second kappa shape index (κ2) is 4.78. The molecule has 1 N–H and O–H groups in total. The Labute approximate surface area is 73.8 Å². The summed E-state index contributed by atoms with van der Waals surface area (Å²) in [5.74, 6) is 0.943. The second-order valence-corrected chi connectivity index (χ2v) is 3.60. The summed E-state index contributed by atoms with van der Waals surface area (Å²) in [6, 6.07) is 0. The maximum atomic E-state index is 5.51. The Morgan fingerprint density at radius 1 is 1.64 bits per heavy atom. The fraction of sp³-hybridized carbons (Fsp3) is 0.778. The minimum atomic E-state index is 0.943. The van der Waals surface area contributed by atoms with E-state index in [-0.39, 0.29) is 0 Å². The standard InChI is InChI=1S/C9H16ClN/c1-8(5-10)6-11-7-9-3-2-4-9/h5,9,11H,2-4,6-7H2,1H3. The SMILES string of the molecule is CC(=CCl)CNCC1CCC1. The summed E-state index contributed by atoms with van der Waals surface area (Å²) in [5, 5.41) is 3.39. The number of nitrogens with one attached hydrogen (secondary N) is 1. The highest BCUT2D eigenvalue weighted by Gasteiger charge is 2.15. The molecule has 0 radical (unpaired) electrons. The highest BCUT2D eigenvalue weighted by molar-refractivity contribution is 6.25. The first-order valence-corrected chi connectivity index (χ1v) is 4.73. The van der Waals surface area contributed by atoms with E-state index in [4.69, 9.17) is 11.6 Å². The molecule has 2 heteroatoms. The predicted molar refractivity (Wildman–Crippen MR) is 49.8 cm³/mol. The van der Waals surface area contributed by atoms with Crippen LogP contribution in [0.2, 0.25) is 0 Å². The van der Waals surface area contributed by atoms with Gasteiger partial charge < -0.3 is 5.32 Å². The van der Waals surface area contributed by atoms with Crippen molar-refractivity contribution in [3.05, 3.63) is 11.1 Å². The van der Waals surface area contributed by atoms with E-state index in [1.54, 1.807) is 5.54 Å². The lowest BCUT2D eigenvalue weighted by Gasteiger charge is -2.25. The third kappa shape index (κ3) is 3.26. The number of hydrogen-bond donors (Lipinski definition) is 1. The lowest BCUT2D eigenvalue weighted by atomic mass is 9.85. The summed E-state index contributed by atoms with van der Waals surface area (Å²) in [7, 11) is 0. The zero-order valence-electron chi connectivity index (χ0n) is 7.07. The Balaban J connectivity index is 1.95. The molecule has 0 aromatic carbocycles. The molecule has 0 aliphatic heterocycles. The van der Waals surface area contributed by atoms with E-state index in [0.29, 0.717) is 0 Å². The fourth-order valence-corrected chi connectivity index (χ4v) is 1.29. The maximum absolute atomic E-state index is 5.51. The molecule has 1 saturated carbocycles. The first-order valence-electron chi connectivity index (χ1n) is 4.29. The van der Waals surface area contributed by atoms with Crippen LogP contribution in [-0.4, -0.2) is 13.1 Å². The average Bonchev–Trinajstić information content (AvgIpc) is 1.94. The first kappa shape index (κ1) is 9.08. The van der Waals surface area contributed by atoms with Gasteiger partial charge in [0, 0.05) is 12.1 Å². The van der Waals surface area contributed by atoms with Crippen LogP contribution >= 0.6 is 11.6 Å². The van der Waals surface area contributed by atoms with Crippen LogP contribution in [0.1, 0.15) is 26.2 Å². The number of rotatable bonds is 4. The molecular formula is C9H16ClN. The monoisotopic (exact) mass is 173 g/mol. The van der Waals surface area contributed by atoms with Crippen molar-refractivity contribution >= 4 is 11.6 Å². The molecular weight excluding hydrogens is 158 g/mol. The normalized spacial score (nSPS) is 20.0. The Kier molecular flexibility index (Phi) is 3.95. The van der Waals surface area contributed by atoms with Crippen LogP contribution in [0.15, 0.2) is 11.1 Å². The van der Waals surface area contributed by atoms with E-state index < -0.39 is 0 Å². The minimum Gasteiger partial charge on any atom is -0.313 e. The molecule has 1 aliphatic carbocycles. The summed E-state index contributed by atoms with van der Waals surface area (Å²) in [5.41, 5.74) is 2.86. The molecule has 0 unspecified atom stereocenters. The Morgan fingerprint density at radius 2 is 2.36 bits per heavy atom. The highest BCUT2D eigenvalue weighted by atomic mass is 35.5. The van der Waals surface area contributed by atoms with Crippen LogP contribution < -0.4 is 5.32 Å². The van der Waals surface area contributed by atoms with Gasteiger partial charge in [-0.2, -0.15) is 0 Å². The van der Waals surface area contributed by atoms with E-state index >= 15 is 0 Å². The zero-order chi connectivity index (χ0) is 8.10. The van der Waals surface area contributed by atoms with Crippen molar-refractivity contribution < 1.29 is 0 Å². The van der Waals surface area contributed by atoms with E-state index in [1.165, 1.54) is 31.4 Å². The van der Waals surface area contributed by atoms with Gasteiger partial charge in [0.1, 0.15) is 0 Å². The topological polar surface area (TPSA) is 12.0 Å². The summed E-state index contributed by atoms with van der Waals surface area (Å²) >= 11 is 5.51. The predicted octanol–water partition coefficient (Wildman–Crippen LogP) is 2.52. The van der Waals surface area contributed by atoms with E-state index in [9.17, 15) is 0 Å². The van der Waals surface area contributed by atoms with Gasteiger partial charge in [0.15, 0.2) is 0 Å². The van der Waals surface area contributed by atoms with Crippen LogP contribution in [0.25, 0.3) is 0 Å². The lowest BCUT2D eigenvalue weighted by Crippen LogP contribution is -2.28. The molecule has 0 heterocycles. The van der Waals surface area contributed by atoms with Crippen LogP contribution in [0.3, 0.4) is 0 Å². The van der Waals surface area contributed by atoms with Gasteiger partial charge in [0.25, 0.3) is 0 Å². The van der Waals surface area contributed by atoms with Gasteiger partial charge >= 0.3 is 0 Å². The van der Waals surface area contributed by atoms with Crippen LogP contribution in [-0.2, 0) is 0 Å². The third-order valence-corrected chi connectivity index (χ3v) is 2.62. The van der Waals surface area contributed by atoms with Gasteiger partial charge in [-0.05, 0) is 37.8 Å². The van der Waals surface area contributed by atoms with Crippen molar-refractivity contribution in [2.24, 2.45) is 5.92 Å². The van der Waals surface area contributed by atoms with Gasteiger partial charge in [-0.1, -0.05) is 18.0 Å². The summed E-state index contributed by atoms with van der Waals surface area (Å²) in [4.78, 5) is 0. The molecule has 0 saturated heterocycles. The molecule has 1 aliphatic rings. The molecule has 0 aromatic rings. The molecule has 1 nitrogen and oxygen atoms in total. The molecule has 64 valence electrons. The summed E-state index contributed by atoms with van der Waals surface area (Å²) < 4.78 is 0. The average molecular weight is 174 g/mol. The third-order valence-electron chi connectivity index (χ3n) is 2.25. The Hall–Kier alpha value is -0.0100. The van der Waals surface area contributed by atoms with Crippen molar-refractivity contribution in [3.63, 3.8) is 0 Å². The smallest absolute Gasteiger partial charge is 0.0173 e. The number of halogens is 1. The second-order valence-electron chi connectivity index (χ2n) is 3.38. The molecule has 0 bridgehead atoms. The van der Waals surface area contributed by atoms with Crippen molar-refractivity contribution in [2.75, 3.05) is 13.1 Å². The van der Waals surface area contributed by atoms with Crippen LogP contribution in [0.5, 0.6) is 0 Å². The van der Waals surface area contributed by atoms with E-state index in [2.05, 4.69) is 5.32 Å². The van der Waals surface area contributed by atoms with Gasteiger partial charge in [-0.3, -0.25) is 0 Å². The maximum Gasteiger partial charge on any atom is 0.0173 e. The molecule has 1 fully saturated rings. The zero-order valence-corrected chi connectivity index (χ0v) is 7.82. The molecule has 11 heavy (non-hydrogen) atoms. The summed E-state index contributed by atoms with van der Waals surface area (Å²) in [6.45, 7) is 4.16. The van der Waals surface area contributed by atoms with E-state index in [0.717, 1.165) is 12.5 Å². The molecule has 0 atom stereocenters. The van der Waals surface area contributed by atoms with Crippen molar-refractivity contribution in [1.29, 1.82) is 0 Å². The van der Waals surface area contributed by atoms with E-state index in [1.807, 2.05) is 6.92 Å². The van der Waals surface area contributed by atoms with Crippen LogP contribution in [0.4, 0.5) is 0 Å². The van der Waals surface area contributed by atoms with Gasteiger partial charge in [0.05, 0.1) is 0 Å². The Bertz CT molecular complexity index is 138. The largest absolute Gasteiger partial charge is 0.313 e. The first-order chi connectivity index (χ1) is 5.33.